The Hall–Kier alpha value is -1.91. The van der Waals surface area contributed by atoms with E-state index in [1.54, 1.807) is 6.07 Å². The number of hydrogen-bond acceptors (Lipinski definition) is 2. The van der Waals surface area contributed by atoms with Gasteiger partial charge < -0.3 is 11.1 Å². The molecule has 2 rings (SSSR count). The lowest BCUT2D eigenvalue weighted by Gasteiger charge is -2.28. The number of primary amides is 1. The van der Waals surface area contributed by atoms with Crippen molar-refractivity contribution in [3.05, 3.63) is 35.6 Å². The molecule has 1 aliphatic rings. The lowest BCUT2D eigenvalue weighted by atomic mass is 9.83. The highest BCUT2D eigenvalue weighted by Crippen LogP contribution is 2.26. The summed E-state index contributed by atoms with van der Waals surface area (Å²) in [6, 6.07) is 4.98. The molecule has 0 saturated heterocycles. The Morgan fingerprint density at radius 3 is 2.45 bits per heavy atom. The van der Waals surface area contributed by atoms with Crippen molar-refractivity contribution < 1.29 is 14.0 Å². The molecule has 4 nitrogen and oxygen atoms in total. The zero-order chi connectivity index (χ0) is 14.5. The molecule has 5 heteroatoms. The minimum Gasteiger partial charge on any atom is -0.368 e. The van der Waals surface area contributed by atoms with Crippen LogP contribution in [0.3, 0.4) is 0 Å². The highest BCUT2D eigenvalue weighted by atomic mass is 19.1. The molecule has 1 fully saturated rings. The molecule has 0 aliphatic heterocycles. The highest BCUT2D eigenvalue weighted by Gasteiger charge is 2.30. The van der Waals surface area contributed by atoms with Crippen LogP contribution in [-0.2, 0) is 4.79 Å². The van der Waals surface area contributed by atoms with E-state index in [0.717, 1.165) is 32.1 Å². The quantitative estimate of drug-likeness (QED) is 0.884. The average Bonchev–Trinajstić information content (AvgIpc) is 2.45. The zero-order valence-corrected chi connectivity index (χ0v) is 11.3. The maximum Gasteiger partial charge on any atom is 0.254 e. The summed E-state index contributed by atoms with van der Waals surface area (Å²) in [7, 11) is 0. The SMILES string of the molecule is NC(=O)[C@H](NC(=O)c1ccccc1F)C1CCCCC1. The van der Waals surface area contributed by atoms with Crippen LogP contribution in [0.5, 0.6) is 0 Å². The Labute approximate surface area is 117 Å². The van der Waals surface area contributed by atoms with E-state index in [1.807, 2.05) is 0 Å². The first-order valence-electron chi connectivity index (χ1n) is 6.94. The standard InChI is InChI=1S/C15H19FN2O2/c16-12-9-5-4-8-11(12)15(20)18-13(14(17)19)10-6-2-1-3-7-10/h4-5,8-10,13H,1-3,6-7H2,(H2,17,19)(H,18,20)/t13-/m1/s1. The van der Waals surface area contributed by atoms with Gasteiger partial charge in [-0.3, -0.25) is 9.59 Å². The van der Waals surface area contributed by atoms with Crippen molar-refractivity contribution in [3.63, 3.8) is 0 Å². The Morgan fingerprint density at radius 2 is 1.85 bits per heavy atom. The first-order chi connectivity index (χ1) is 9.59. The molecule has 108 valence electrons. The van der Waals surface area contributed by atoms with E-state index >= 15 is 0 Å². The summed E-state index contributed by atoms with van der Waals surface area (Å²) in [5, 5.41) is 2.59. The molecule has 2 amide bonds. The lowest BCUT2D eigenvalue weighted by Crippen LogP contribution is -2.49. The van der Waals surface area contributed by atoms with Gasteiger partial charge in [-0.15, -0.1) is 0 Å². The van der Waals surface area contributed by atoms with E-state index in [4.69, 9.17) is 5.73 Å². The van der Waals surface area contributed by atoms with Gasteiger partial charge in [0.2, 0.25) is 5.91 Å². The molecule has 3 N–H and O–H groups in total. The van der Waals surface area contributed by atoms with Crippen molar-refractivity contribution in [2.24, 2.45) is 11.7 Å². The number of carbonyl (C=O) groups excluding carboxylic acids is 2. The molecule has 1 aliphatic carbocycles. The molecule has 0 radical (unpaired) electrons. The molecule has 0 unspecified atom stereocenters. The number of nitrogens with two attached hydrogens (primary N) is 1. The fraction of sp³-hybridized carbons (Fsp3) is 0.467. The molecule has 0 bridgehead atoms. The normalized spacial score (nSPS) is 17.4. The number of amides is 2. The summed E-state index contributed by atoms with van der Waals surface area (Å²) in [6.07, 6.45) is 4.94. The van der Waals surface area contributed by atoms with Crippen LogP contribution in [0.4, 0.5) is 4.39 Å². The summed E-state index contributed by atoms with van der Waals surface area (Å²) in [5.41, 5.74) is 5.32. The summed E-state index contributed by atoms with van der Waals surface area (Å²) in [4.78, 5) is 23.6. The third kappa shape index (κ3) is 3.35. The molecule has 20 heavy (non-hydrogen) atoms. The van der Waals surface area contributed by atoms with E-state index in [0.29, 0.717) is 0 Å². The maximum absolute atomic E-state index is 13.6. The molecule has 0 aromatic heterocycles. The van der Waals surface area contributed by atoms with E-state index in [2.05, 4.69) is 5.32 Å². The van der Waals surface area contributed by atoms with Gasteiger partial charge in [-0.2, -0.15) is 0 Å². The first-order valence-corrected chi connectivity index (χ1v) is 6.94. The lowest BCUT2D eigenvalue weighted by molar-refractivity contribution is -0.121. The second-order valence-corrected chi connectivity index (χ2v) is 5.23. The Bertz CT molecular complexity index is 498. The van der Waals surface area contributed by atoms with Crippen LogP contribution in [-0.4, -0.2) is 17.9 Å². The molecular weight excluding hydrogens is 259 g/mol. The van der Waals surface area contributed by atoms with Crippen LogP contribution in [0.15, 0.2) is 24.3 Å². The van der Waals surface area contributed by atoms with Crippen molar-refractivity contribution in [1.82, 2.24) is 5.32 Å². The Morgan fingerprint density at radius 1 is 1.20 bits per heavy atom. The van der Waals surface area contributed by atoms with Crippen molar-refractivity contribution in [3.8, 4) is 0 Å². The van der Waals surface area contributed by atoms with Crippen LogP contribution >= 0.6 is 0 Å². The third-order valence-corrected chi connectivity index (χ3v) is 3.83. The van der Waals surface area contributed by atoms with Crippen molar-refractivity contribution in [2.45, 2.75) is 38.1 Å². The molecule has 1 atom stereocenters. The van der Waals surface area contributed by atoms with E-state index in [9.17, 15) is 14.0 Å². The van der Waals surface area contributed by atoms with Gasteiger partial charge in [0.25, 0.3) is 5.91 Å². The monoisotopic (exact) mass is 278 g/mol. The number of carbonyl (C=O) groups is 2. The smallest absolute Gasteiger partial charge is 0.254 e. The molecular formula is C15H19FN2O2. The number of benzene rings is 1. The number of rotatable bonds is 4. The van der Waals surface area contributed by atoms with Gasteiger partial charge in [-0.05, 0) is 30.9 Å². The molecule has 0 spiro atoms. The second-order valence-electron chi connectivity index (χ2n) is 5.23. The predicted octanol–water partition coefficient (Wildman–Crippen LogP) is 1.99. The first kappa shape index (κ1) is 14.5. The fourth-order valence-corrected chi connectivity index (χ4v) is 2.75. The van der Waals surface area contributed by atoms with Crippen LogP contribution in [0.25, 0.3) is 0 Å². The second kappa shape index (κ2) is 6.50. The van der Waals surface area contributed by atoms with Gasteiger partial charge in [-0.25, -0.2) is 4.39 Å². The van der Waals surface area contributed by atoms with E-state index < -0.39 is 23.7 Å². The predicted molar refractivity (Wildman–Crippen MR) is 73.4 cm³/mol. The molecule has 0 heterocycles. The minimum absolute atomic E-state index is 0.0528. The summed E-state index contributed by atoms with van der Waals surface area (Å²) < 4.78 is 13.6. The van der Waals surface area contributed by atoms with E-state index in [-0.39, 0.29) is 11.5 Å². The summed E-state index contributed by atoms with van der Waals surface area (Å²) >= 11 is 0. The number of hydrogen-bond donors (Lipinski definition) is 2. The van der Waals surface area contributed by atoms with Gasteiger partial charge in [0.1, 0.15) is 11.9 Å². The fourth-order valence-electron chi connectivity index (χ4n) is 2.75. The molecule has 1 aromatic rings. The van der Waals surface area contributed by atoms with Crippen LogP contribution in [0, 0.1) is 11.7 Å². The van der Waals surface area contributed by atoms with Crippen molar-refractivity contribution in [1.29, 1.82) is 0 Å². The largest absolute Gasteiger partial charge is 0.368 e. The maximum atomic E-state index is 13.6. The van der Waals surface area contributed by atoms with Crippen LogP contribution < -0.4 is 11.1 Å². The highest BCUT2D eigenvalue weighted by molar-refractivity contribution is 5.97. The third-order valence-electron chi connectivity index (χ3n) is 3.83. The van der Waals surface area contributed by atoms with Gasteiger partial charge in [0.15, 0.2) is 0 Å². The number of halogens is 1. The number of nitrogens with one attached hydrogen (secondary N) is 1. The van der Waals surface area contributed by atoms with Gasteiger partial charge in [0, 0.05) is 0 Å². The van der Waals surface area contributed by atoms with E-state index in [1.165, 1.54) is 18.2 Å². The van der Waals surface area contributed by atoms with Crippen molar-refractivity contribution >= 4 is 11.8 Å². The van der Waals surface area contributed by atoms with Crippen molar-refractivity contribution in [2.75, 3.05) is 0 Å². The molecule has 1 saturated carbocycles. The van der Waals surface area contributed by atoms with Gasteiger partial charge >= 0.3 is 0 Å². The van der Waals surface area contributed by atoms with Gasteiger partial charge in [0.05, 0.1) is 5.56 Å². The van der Waals surface area contributed by atoms with Crippen LogP contribution in [0.2, 0.25) is 0 Å². The summed E-state index contributed by atoms with van der Waals surface area (Å²) in [5.74, 6) is -1.69. The topological polar surface area (TPSA) is 72.2 Å². The molecule has 1 aromatic carbocycles. The average molecular weight is 278 g/mol. The Balaban J connectivity index is 2.10. The minimum atomic E-state index is -0.720. The zero-order valence-electron chi connectivity index (χ0n) is 11.3. The Kier molecular flexibility index (Phi) is 4.71. The van der Waals surface area contributed by atoms with Gasteiger partial charge in [-0.1, -0.05) is 31.4 Å². The summed E-state index contributed by atoms with van der Waals surface area (Å²) in [6.45, 7) is 0. The van der Waals surface area contributed by atoms with Crippen LogP contribution in [0.1, 0.15) is 42.5 Å².